The third-order valence-corrected chi connectivity index (χ3v) is 7.47. The second-order valence-electron chi connectivity index (χ2n) is 6.37. The smallest absolute Gasteiger partial charge is 0.353 e. The maximum atomic E-state index is 12.8. The van der Waals surface area contributed by atoms with E-state index in [-0.39, 0.29) is 28.7 Å². The zero-order valence-electron chi connectivity index (χ0n) is 16.6. The van der Waals surface area contributed by atoms with E-state index in [4.69, 9.17) is 16.1 Å². The molecule has 0 aromatic carbocycles. The SMILES string of the molecule is N#CCCSC1=C(C(=O)O)N2C(=O)[C@@H](NC(=O)/C(=N/OCC(=O)O)c3csc(N)n3)[C@H]2SC1. The molecule has 0 unspecified atom stereocenters. The Labute approximate surface area is 198 Å². The second-order valence-corrected chi connectivity index (χ2v) is 9.56. The number of fused-ring (bicyclic) bond motifs is 1. The minimum atomic E-state index is -1.31. The van der Waals surface area contributed by atoms with Crippen LogP contribution in [0.4, 0.5) is 5.13 Å². The van der Waals surface area contributed by atoms with Gasteiger partial charge in [-0.05, 0) is 0 Å². The maximum absolute atomic E-state index is 12.8. The number of nitrogens with one attached hydrogen (secondary N) is 1. The molecule has 1 aromatic heterocycles. The van der Waals surface area contributed by atoms with Gasteiger partial charge < -0.3 is 26.1 Å². The number of hydrogen-bond donors (Lipinski definition) is 4. The van der Waals surface area contributed by atoms with Gasteiger partial charge in [0.1, 0.15) is 22.8 Å². The van der Waals surface area contributed by atoms with E-state index in [1.54, 1.807) is 0 Å². The summed E-state index contributed by atoms with van der Waals surface area (Å²) in [5, 5.41) is 33.9. The lowest BCUT2D eigenvalue weighted by Crippen LogP contribution is -2.71. The van der Waals surface area contributed by atoms with E-state index in [9.17, 15) is 24.3 Å². The van der Waals surface area contributed by atoms with E-state index in [0.29, 0.717) is 16.4 Å². The van der Waals surface area contributed by atoms with Crippen LogP contribution in [0.5, 0.6) is 0 Å². The summed E-state index contributed by atoms with van der Waals surface area (Å²) in [6, 6.07) is 0.938. The first-order valence-electron chi connectivity index (χ1n) is 9.09. The minimum absolute atomic E-state index is 0.0302. The van der Waals surface area contributed by atoms with Gasteiger partial charge in [-0.1, -0.05) is 5.16 Å². The van der Waals surface area contributed by atoms with Crippen LogP contribution in [0.15, 0.2) is 21.1 Å². The highest BCUT2D eigenvalue weighted by atomic mass is 32.2. The third-order valence-electron chi connectivity index (χ3n) is 4.24. The number of carboxylic acid groups (broad SMARTS) is 2. The van der Waals surface area contributed by atoms with Gasteiger partial charge in [-0.2, -0.15) is 5.26 Å². The lowest BCUT2D eigenvalue weighted by atomic mass is 10.0. The molecule has 3 rings (SSSR count). The number of aromatic nitrogens is 1. The predicted molar refractivity (Wildman–Crippen MR) is 119 cm³/mol. The summed E-state index contributed by atoms with van der Waals surface area (Å²) in [6.45, 7) is -0.802. The van der Waals surface area contributed by atoms with Crippen molar-refractivity contribution in [3.05, 3.63) is 21.7 Å². The van der Waals surface area contributed by atoms with Crippen molar-refractivity contribution in [2.24, 2.45) is 5.16 Å². The van der Waals surface area contributed by atoms with Gasteiger partial charge >= 0.3 is 11.9 Å². The Bertz CT molecular complexity index is 1100. The number of carbonyl (C=O) groups excluding carboxylic acids is 2. The van der Waals surface area contributed by atoms with E-state index in [2.05, 4.69) is 20.3 Å². The van der Waals surface area contributed by atoms with Gasteiger partial charge in [0.25, 0.3) is 11.8 Å². The summed E-state index contributed by atoms with van der Waals surface area (Å²) in [7, 11) is 0. The molecule has 2 atom stereocenters. The van der Waals surface area contributed by atoms with Crippen molar-refractivity contribution >= 4 is 69.5 Å². The van der Waals surface area contributed by atoms with E-state index >= 15 is 0 Å². The van der Waals surface area contributed by atoms with Gasteiger partial charge in [0, 0.05) is 28.2 Å². The average molecular weight is 513 g/mol. The predicted octanol–water partition coefficient (Wildman–Crippen LogP) is -0.126. The summed E-state index contributed by atoms with van der Waals surface area (Å²) in [4.78, 5) is 58.2. The molecule has 33 heavy (non-hydrogen) atoms. The fourth-order valence-corrected chi connectivity index (χ4v) is 5.93. The van der Waals surface area contributed by atoms with Gasteiger partial charge in [0.05, 0.1) is 6.07 Å². The molecule has 0 aliphatic carbocycles. The molecule has 2 aliphatic rings. The van der Waals surface area contributed by atoms with Crippen molar-refractivity contribution in [2.45, 2.75) is 17.8 Å². The van der Waals surface area contributed by atoms with Gasteiger partial charge in [-0.15, -0.1) is 34.9 Å². The summed E-state index contributed by atoms with van der Waals surface area (Å²) < 4.78 is 0. The molecule has 0 saturated carbocycles. The molecular weight excluding hydrogens is 496 g/mol. The van der Waals surface area contributed by atoms with Crippen molar-refractivity contribution in [3.63, 3.8) is 0 Å². The number of amides is 2. The van der Waals surface area contributed by atoms with Gasteiger partial charge in [0.2, 0.25) is 6.61 Å². The Balaban J connectivity index is 1.76. The lowest BCUT2D eigenvalue weighted by molar-refractivity contribution is -0.150. The van der Waals surface area contributed by atoms with E-state index in [0.717, 1.165) is 16.2 Å². The van der Waals surface area contributed by atoms with Crippen LogP contribution < -0.4 is 11.1 Å². The quantitative estimate of drug-likeness (QED) is 0.140. The van der Waals surface area contributed by atoms with Crippen LogP contribution >= 0.6 is 34.9 Å². The molecule has 0 spiro atoms. The topological polar surface area (TPSA) is 208 Å². The van der Waals surface area contributed by atoms with Crippen molar-refractivity contribution < 1.29 is 34.2 Å². The number of oxime groups is 1. The lowest BCUT2D eigenvalue weighted by Gasteiger charge is -2.49. The van der Waals surface area contributed by atoms with Crippen LogP contribution in [-0.2, 0) is 24.0 Å². The van der Waals surface area contributed by atoms with Crippen molar-refractivity contribution in [2.75, 3.05) is 23.8 Å². The third kappa shape index (κ3) is 5.38. The second kappa shape index (κ2) is 10.6. The first-order chi connectivity index (χ1) is 15.7. The summed E-state index contributed by atoms with van der Waals surface area (Å²) >= 11 is 3.49. The number of β-lactam (4-membered cyclic amide) rings is 1. The van der Waals surface area contributed by atoms with Gasteiger partial charge in [-0.25, -0.2) is 14.6 Å². The number of nitrogen functional groups attached to an aromatic ring is 1. The molecule has 1 saturated heterocycles. The van der Waals surface area contributed by atoms with E-state index in [1.807, 2.05) is 6.07 Å². The van der Waals surface area contributed by atoms with Crippen LogP contribution in [-0.4, -0.2) is 79.1 Å². The average Bonchev–Trinajstić information content (AvgIpc) is 3.19. The monoisotopic (exact) mass is 512 g/mol. The normalized spacial score (nSPS) is 19.9. The molecule has 16 heteroatoms. The molecule has 0 bridgehead atoms. The number of carbonyl (C=O) groups is 4. The van der Waals surface area contributed by atoms with Crippen LogP contribution in [0.2, 0.25) is 0 Å². The Morgan fingerprint density at radius 3 is 2.82 bits per heavy atom. The molecule has 0 radical (unpaired) electrons. The highest BCUT2D eigenvalue weighted by Gasteiger charge is 2.54. The minimum Gasteiger partial charge on any atom is -0.479 e. The number of nitrogens with two attached hydrogens (primary N) is 1. The Morgan fingerprint density at radius 2 is 2.21 bits per heavy atom. The molecule has 2 amide bonds. The van der Waals surface area contributed by atoms with Gasteiger partial charge in [-0.3, -0.25) is 14.5 Å². The number of aliphatic carboxylic acids is 2. The summed E-state index contributed by atoms with van der Waals surface area (Å²) in [5.74, 6) is -3.39. The Morgan fingerprint density at radius 1 is 1.45 bits per heavy atom. The van der Waals surface area contributed by atoms with Crippen LogP contribution in [0, 0.1) is 11.3 Å². The molecule has 1 aromatic rings. The Hall–Kier alpha value is -3.29. The highest BCUT2D eigenvalue weighted by Crippen LogP contribution is 2.43. The van der Waals surface area contributed by atoms with Crippen LogP contribution in [0.1, 0.15) is 12.1 Å². The fraction of sp³-hybridized carbons (Fsp3) is 0.353. The standard InChI is InChI=1S/C17H16N6O7S3/c18-2-1-3-31-8-6-32-15-11(14(27)23(15)12(8)16(28)29)21-13(26)10(22-30-4-9(24)25)7-5-33-17(19)20-7/h5,11,15H,1,3-4,6H2,(H2,19,20)(H,21,26)(H,24,25)(H,28,29)/b22-10+/t11-,15-/m1/s1. The van der Waals surface area contributed by atoms with Gasteiger partial charge in [0.15, 0.2) is 10.8 Å². The highest BCUT2D eigenvalue weighted by molar-refractivity contribution is 8.06. The van der Waals surface area contributed by atoms with Crippen molar-refractivity contribution in [1.82, 2.24) is 15.2 Å². The van der Waals surface area contributed by atoms with Crippen molar-refractivity contribution in [1.29, 1.82) is 5.26 Å². The number of nitrogens with zero attached hydrogens (tertiary/aromatic N) is 4. The number of carboxylic acids is 2. The number of thioether (sulfide) groups is 2. The first-order valence-corrected chi connectivity index (χ1v) is 12.0. The number of rotatable bonds is 10. The molecule has 174 valence electrons. The largest absolute Gasteiger partial charge is 0.479 e. The molecule has 13 nitrogen and oxygen atoms in total. The Kier molecular flexibility index (Phi) is 7.79. The zero-order chi connectivity index (χ0) is 24.1. The molecule has 5 N–H and O–H groups in total. The number of nitriles is 1. The van der Waals surface area contributed by atoms with Crippen molar-refractivity contribution in [3.8, 4) is 6.07 Å². The summed E-state index contributed by atoms with van der Waals surface area (Å²) in [5.41, 5.74) is 5.07. The molecular formula is C17H16N6O7S3. The first kappa shape index (κ1) is 24.4. The van der Waals surface area contributed by atoms with Crippen LogP contribution in [0.3, 0.4) is 0 Å². The molecule has 2 aliphatic heterocycles. The summed E-state index contributed by atoms with van der Waals surface area (Å²) in [6.07, 6.45) is 0.231. The molecule has 3 heterocycles. The van der Waals surface area contributed by atoms with E-state index in [1.165, 1.54) is 28.9 Å². The molecule has 1 fully saturated rings. The maximum Gasteiger partial charge on any atom is 0.353 e. The van der Waals surface area contributed by atoms with E-state index < -0.39 is 41.8 Å². The zero-order valence-corrected chi connectivity index (χ0v) is 19.0. The van der Waals surface area contributed by atoms with Crippen LogP contribution in [0.25, 0.3) is 0 Å². The fourth-order valence-electron chi connectivity index (χ4n) is 2.88. The number of hydrogen-bond acceptors (Lipinski definition) is 12. The number of thiazole rings is 1. The number of anilines is 1.